The van der Waals surface area contributed by atoms with Gasteiger partial charge < -0.3 is 19.2 Å². The van der Waals surface area contributed by atoms with Gasteiger partial charge in [-0.15, -0.1) is 0 Å². The molecule has 0 atom stereocenters. The fourth-order valence-electron chi connectivity index (χ4n) is 3.15. The number of carbonyl (C=O) groups excluding carboxylic acids is 3. The molecule has 0 unspecified atom stereocenters. The number of furan rings is 1. The molecule has 0 saturated carbocycles. The average molecular weight is 511 g/mol. The number of hydrogen-bond donors (Lipinski definition) is 1. The second kappa shape index (κ2) is 9.74. The van der Waals surface area contributed by atoms with Crippen molar-refractivity contribution in [1.29, 1.82) is 0 Å². The van der Waals surface area contributed by atoms with Crippen LogP contribution in [0.15, 0.2) is 75.3 Å². The molecule has 3 amide bonds. The van der Waals surface area contributed by atoms with E-state index in [1.807, 2.05) is 30.3 Å². The number of imide groups is 1. The predicted molar refractivity (Wildman–Crippen MR) is 122 cm³/mol. The van der Waals surface area contributed by atoms with Gasteiger partial charge in [0.2, 0.25) is 5.76 Å². The van der Waals surface area contributed by atoms with Gasteiger partial charge in [-0.05, 0) is 53.6 Å². The smallest absolute Gasteiger partial charge is 0.373 e. The molecule has 9 heteroatoms. The van der Waals surface area contributed by atoms with Crippen molar-refractivity contribution in [3.05, 3.63) is 93.5 Å². The van der Waals surface area contributed by atoms with Crippen molar-refractivity contribution >= 4 is 39.9 Å². The number of amides is 3. The molecular formula is C24H19BrN2O6. The van der Waals surface area contributed by atoms with Gasteiger partial charge in [0.25, 0.3) is 5.91 Å². The summed E-state index contributed by atoms with van der Waals surface area (Å²) in [5, 5.41) is 2.57. The first-order valence-corrected chi connectivity index (χ1v) is 10.7. The topological polar surface area (TPSA) is 98.1 Å². The highest BCUT2D eigenvalue weighted by atomic mass is 79.9. The summed E-state index contributed by atoms with van der Waals surface area (Å²) in [6.07, 6.45) is 1.58. The second-order valence-electron chi connectivity index (χ2n) is 7.12. The van der Waals surface area contributed by atoms with E-state index < -0.39 is 17.9 Å². The summed E-state index contributed by atoms with van der Waals surface area (Å²) in [7, 11) is 1.24. The molecule has 1 aromatic heterocycles. The van der Waals surface area contributed by atoms with E-state index in [1.165, 1.54) is 19.2 Å². The number of rotatable bonds is 7. The van der Waals surface area contributed by atoms with E-state index in [9.17, 15) is 14.4 Å². The Balaban J connectivity index is 1.43. The lowest BCUT2D eigenvalue weighted by molar-refractivity contribution is -0.123. The van der Waals surface area contributed by atoms with Gasteiger partial charge in [0.15, 0.2) is 0 Å². The number of carbonyl (C=O) groups is 3. The van der Waals surface area contributed by atoms with Gasteiger partial charge in [0.05, 0.1) is 13.7 Å². The Morgan fingerprint density at radius 1 is 1.12 bits per heavy atom. The lowest BCUT2D eigenvalue weighted by Crippen LogP contribution is -2.30. The fourth-order valence-corrected chi connectivity index (χ4v) is 3.42. The molecule has 1 fully saturated rings. The molecule has 0 radical (unpaired) electrons. The van der Waals surface area contributed by atoms with Gasteiger partial charge in [-0.3, -0.25) is 9.69 Å². The Bertz CT molecular complexity index is 1230. The maximum absolute atomic E-state index is 12.8. The molecule has 168 valence electrons. The number of methoxy groups -OCH3 is 1. The maximum Gasteiger partial charge on any atom is 0.373 e. The largest absolute Gasteiger partial charge is 0.489 e. The number of benzene rings is 2. The van der Waals surface area contributed by atoms with Crippen LogP contribution in [0.2, 0.25) is 0 Å². The molecule has 3 aromatic rings. The van der Waals surface area contributed by atoms with Crippen molar-refractivity contribution in [3.8, 4) is 5.75 Å². The van der Waals surface area contributed by atoms with E-state index in [4.69, 9.17) is 9.15 Å². The Hall–Kier alpha value is -3.85. The van der Waals surface area contributed by atoms with Crippen LogP contribution < -0.4 is 10.1 Å². The summed E-state index contributed by atoms with van der Waals surface area (Å²) >= 11 is 3.40. The van der Waals surface area contributed by atoms with Crippen LogP contribution in [0.25, 0.3) is 6.08 Å². The highest BCUT2D eigenvalue weighted by molar-refractivity contribution is 9.10. The zero-order chi connectivity index (χ0) is 23.4. The predicted octanol–water partition coefficient (Wildman–Crippen LogP) is 4.50. The van der Waals surface area contributed by atoms with Crippen molar-refractivity contribution in [2.45, 2.75) is 13.2 Å². The number of nitrogens with one attached hydrogen (secondary N) is 1. The van der Waals surface area contributed by atoms with Gasteiger partial charge in [0.1, 0.15) is 23.8 Å². The summed E-state index contributed by atoms with van der Waals surface area (Å²) in [4.78, 5) is 37.6. The molecule has 1 N–H and O–H groups in total. The minimum atomic E-state index is -0.638. The number of esters is 1. The van der Waals surface area contributed by atoms with Gasteiger partial charge in [0, 0.05) is 4.47 Å². The van der Waals surface area contributed by atoms with Crippen molar-refractivity contribution in [2.24, 2.45) is 0 Å². The lowest BCUT2D eigenvalue weighted by Gasteiger charge is -2.09. The summed E-state index contributed by atoms with van der Waals surface area (Å²) < 4.78 is 16.8. The Morgan fingerprint density at radius 3 is 2.67 bits per heavy atom. The molecule has 0 aliphatic carbocycles. The van der Waals surface area contributed by atoms with Crippen LogP contribution in [0.3, 0.4) is 0 Å². The van der Waals surface area contributed by atoms with E-state index in [2.05, 4.69) is 26.0 Å². The molecule has 33 heavy (non-hydrogen) atoms. The molecule has 1 aliphatic rings. The Labute approximate surface area is 197 Å². The minimum Gasteiger partial charge on any atom is -0.489 e. The molecule has 1 saturated heterocycles. The van der Waals surface area contributed by atoms with Crippen LogP contribution in [0.1, 0.15) is 27.4 Å². The quantitative estimate of drug-likeness (QED) is 0.285. The fraction of sp³-hybridized carbons (Fsp3) is 0.125. The lowest BCUT2D eigenvalue weighted by atomic mass is 10.1. The second-order valence-corrected chi connectivity index (χ2v) is 8.04. The van der Waals surface area contributed by atoms with Gasteiger partial charge in [-0.2, -0.15) is 0 Å². The third kappa shape index (κ3) is 5.32. The van der Waals surface area contributed by atoms with E-state index in [1.54, 1.807) is 24.3 Å². The SMILES string of the molecule is COC(=O)c1ccc(CN2C(=O)N/C(=C\c3cccc(OCc4ccc(Br)cc4)c3)C2=O)o1. The molecule has 2 aromatic carbocycles. The van der Waals surface area contributed by atoms with Crippen LogP contribution >= 0.6 is 15.9 Å². The standard InChI is InChI=1S/C24H19BrN2O6/c1-31-23(29)21-10-9-19(33-21)13-27-22(28)20(26-24(27)30)12-16-3-2-4-18(11-16)32-14-15-5-7-17(25)8-6-15/h2-12H,13-14H2,1H3,(H,26,30)/b20-12-. The van der Waals surface area contributed by atoms with Crippen LogP contribution in [-0.2, 0) is 22.7 Å². The van der Waals surface area contributed by atoms with Gasteiger partial charge in [-0.25, -0.2) is 9.59 Å². The zero-order valence-electron chi connectivity index (χ0n) is 17.5. The molecule has 4 rings (SSSR count). The molecule has 0 spiro atoms. The molecule has 1 aliphatic heterocycles. The van der Waals surface area contributed by atoms with E-state index in [0.717, 1.165) is 14.9 Å². The normalized spacial score (nSPS) is 14.5. The number of hydrogen-bond acceptors (Lipinski definition) is 6. The van der Waals surface area contributed by atoms with Crippen LogP contribution in [0.4, 0.5) is 4.79 Å². The zero-order valence-corrected chi connectivity index (χ0v) is 19.1. The number of ether oxygens (including phenoxy) is 2. The van der Waals surface area contributed by atoms with Crippen molar-refractivity contribution in [3.63, 3.8) is 0 Å². The highest BCUT2D eigenvalue weighted by Gasteiger charge is 2.34. The van der Waals surface area contributed by atoms with Crippen molar-refractivity contribution in [2.75, 3.05) is 7.11 Å². The van der Waals surface area contributed by atoms with Crippen LogP contribution in [0, 0.1) is 0 Å². The summed E-state index contributed by atoms with van der Waals surface area (Å²) in [6.45, 7) is 0.281. The summed E-state index contributed by atoms with van der Waals surface area (Å²) in [6, 6.07) is 17.4. The van der Waals surface area contributed by atoms with Crippen LogP contribution in [0.5, 0.6) is 5.75 Å². The third-order valence-corrected chi connectivity index (χ3v) is 5.34. The monoisotopic (exact) mass is 510 g/mol. The molecule has 2 heterocycles. The summed E-state index contributed by atoms with van der Waals surface area (Å²) in [5.41, 5.74) is 1.84. The van der Waals surface area contributed by atoms with Gasteiger partial charge >= 0.3 is 12.0 Å². The molecule has 0 bridgehead atoms. The van der Waals surface area contributed by atoms with E-state index in [-0.39, 0.29) is 23.8 Å². The third-order valence-electron chi connectivity index (χ3n) is 4.81. The number of halogens is 1. The number of urea groups is 1. The van der Waals surface area contributed by atoms with E-state index >= 15 is 0 Å². The summed E-state index contributed by atoms with van der Waals surface area (Å²) in [5.74, 6) is -0.232. The first-order valence-electron chi connectivity index (χ1n) is 9.92. The highest BCUT2D eigenvalue weighted by Crippen LogP contribution is 2.21. The first-order chi connectivity index (χ1) is 15.9. The minimum absolute atomic E-state index is 0.00438. The van der Waals surface area contributed by atoms with Crippen molar-refractivity contribution in [1.82, 2.24) is 10.2 Å². The molecular weight excluding hydrogens is 492 g/mol. The Morgan fingerprint density at radius 2 is 1.91 bits per heavy atom. The number of nitrogens with zero attached hydrogens (tertiary/aromatic N) is 1. The first kappa shape index (κ1) is 22.3. The molecule has 8 nitrogen and oxygen atoms in total. The van der Waals surface area contributed by atoms with Crippen molar-refractivity contribution < 1.29 is 28.3 Å². The average Bonchev–Trinajstić information content (AvgIpc) is 3.39. The van der Waals surface area contributed by atoms with E-state index in [0.29, 0.717) is 17.9 Å². The van der Waals surface area contributed by atoms with Gasteiger partial charge in [-0.1, -0.05) is 40.2 Å². The Kier molecular flexibility index (Phi) is 6.60. The van der Waals surface area contributed by atoms with Crippen LogP contribution in [-0.4, -0.2) is 29.9 Å². The maximum atomic E-state index is 12.8.